The fourth-order valence-electron chi connectivity index (χ4n) is 0.456. The van der Waals surface area contributed by atoms with E-state index < -0.39 is 19.9 Å². The highest BCUT2D eigenvalue weighted by molar-refractivity contribution is 7.53. The molecule has 0 aliphatic rings. The van der Waals surface area contributed by atoms with Crippen LogP contribution in [0.2, 0.25) is 0 Å². The summed E-state index contributed by atoms with van der Waals surface area (Å²) in [5, 5.41) is 0. The maximum atomic E-state index is 11.3. The number of hydrogen-bond acceptors (Lipinski definition) is 5. The molecular formula is C7H11O5P. The van der Waals surface area contributed by atoms with Gasteiger partial charge in [0.15, 0.2) is 6.35 Å². The van der Waals surface area contributed by atoms with Gasteiger partial charge >= 0.3 is 13.6 Å². The first-order valence-electron chi connectivity index (χ1n) is 3.38. The van der Waals surface area contributed by atoms with Gasteiger partial charge in [-0.3, -0.25) is 4.57 Å². The third-order valence-electron chi connectivity index (χ3n) is 1.14. The minimum absolute atomic E-state index is 0.423. The highest BCUT2D eigenvalue weighted by Gasteiger charge is 2.22. The summed E-state index contributed by atoms with van der Waals surface area (Å²) < 4.78 is 24.8. The monoisotopic (exact) mass is 206 g/mol. The predicted octanol–water partition coefficient (Wildman–Crippen LogP) is 0.996. The van der Waals surface area contributed by atoms with Gasteiger partial charge < -0.3 is 13.8 Å². The summed E-state index contributed by atoms with van der Waals surface area (Å²) in [6.45, 7) is 1.49. The molecule has 0 saturated carbocycles. The molecule has 0 rings (SSSR count). The molecule has 0 heterocycles. The lowest BCUT2D eigenvalue weighted by molar-refractivity contribution is -0.135. The fraction of sp³-hybridized carbons (Fsp3) is 0.571. The molecule has 0 radical (unpaired) electrons. The predicted molar refractivity (Wildman–Crippen MR) is 46.0 cm³/mol. The minimum Gasteiger partial charge on any atom is -0.443 e. The van der Waals surface area contributed by atoms with Crippen molar-refractivity contribution in [1.82, 2.24) is 0 Å². The zero-order chi connectivity index (χ0) is 10.3. The molecule has 0 aromatic carbocycles. The average Bonchev–Trinajstić information content (AvgIpc) is 2.15. The van der Waals surface area contributed by atoms with E-state index in [0.29, 0.717) is 0 Å². The van der Waals surface area contributed by atoms with E-state index in [1.807, 2.05) is 0 Å². The molecule has 0 amide bonds. The van der Waals surface area contributed by atoms with Crippen LogP contribution in [0.4, 0.5) is 0 Å². The molecule has 0 bridgehead atoms. The highest BCUT2D eigenvalue weighted by Crippen LogP contribution is 2.45. The van der Waals surface area contributed by atoms with Crippen molar-refractivity contribution in [1.29, 1.82) is 0 Å². The van der Waals surface area contributed by atoms with E-state index in [4.69, 9.17) is 0 Å². The van der Waals surface area contributed by atoms with Crippen LogP contribution in [0, 0.1) is 11.8 Å². The van der Waals surface area contributed by atoms with Crippen LogP contribution in [0.3, 0.4) is 0 Å². The van der Waals surface area contributed by atoms with Gasteiger partial charge in [0.2, 0.25) is 0 Å². The Morgan fingerprint density at radius 3 is 2.31 bits per heavy atom. The van der Waals surface area contributed by atoms with Gasteiger partial charge in [-0.2, -0.15) is 0 Å². The first-order valence-corrected chi connectivity index (χ1v) is 5.11. The van der Waals surface area contributed by atoms with Crippen LogP contribution >= 0.6 is 7.60 Å². The van der Waals surface area contributed by atoms with Crippen molar-refractivity contribution in [3.05, 3.63) is 0 Å². The molecule has 6 heteroatoms. The standard InChI is InChI=1S/C7H11O5P/c1-4-5-7(8)12-6-13(9,10-2)11-3/h6H2,1-3H3. The van der Waals surface area contributed by atoms with Crippen molar-refractivity contribution in [2.75, 3.05) is 20.6 Å². The normalized spacial score (nSPS) is 10.1. The van der Waals surface area contributed by atoms with Gasteiger partial charge in [-0.15, -0.1) is 0 Å². The quantitative estimate of drug-likeness (QED) is 0.297. The van der Waals surface area contributed by atoms with Crippen LogP contribution in [-0.4, -0.2) is 26.5 Å². The molecular weight excluding hydrogens is 195 g/mol. The Labute approximate surface area is 76.9 Å². The fourth-order valence-corrected chi connectivity index (χ4v) is 1.09. The smallest absolute Gasteiger partial charge is 0.384 e. The van der Waals surface area contributed by atoms with E-state index in [9.17, 15) is 9.36 Å². The first kappa shape index (κ1) is 12.2. The third-order valence-corrected chi connectivity index (χ3v) is 2.70. The molecule has 74 valence electrons. The lowest BCUT2D eigenvalue weighted by atomic mass is 10.6. The van der Waals surface area contributed by atoms with Crippen LogP contribution < -0.4 is 0 Å². The van der Waals surface area contributed by atoms with Gasteiger partial charge in [-0.1, -0.05) is 5.92 Å². The molecule has 0 spiro atoms. The van der Waals surface area contributed by atoms with Gasteiger partial charge in [0.25, 0.3) is 0 Å². The van der Waals surface area contributed by atoms with Crippen LogP contribution in [0.5, 0.6) is 0 Å². The van der Waals surface area contributed by atoms with E-state index >= 15 is 0 Å². The highest BCUT2D eigenvalue weighted by atomic mass is 31.2. The van der Waals surface area contributed by atoms with Gasteiger partial charge in [0.05, 0.1) is 0 Å². The van der Waals surface area contributed by atoms with Gasteiger partial charge in [-0.05, 0) is 6.92 Å². The molecule has 0 saturated heterocycles. The second-order valence-corrected chi connectivity index (χ2v) is 4.12. The Morgan fingerprint density at radius 2 is 1.92 bits per heavy atom. The number of carbonyl (C=O) groups excluding carboxylic acids is 1. The molecule has 0 aromatic heterocycles. The largest absolute Gasteiger partial charge is 0.443 e. The molecule has 0 aliphatic heterocycles. The summed E-state index contributed by atoms with van der Waals surface area (Å²) in [7, 11) is -0.846. The number of ether oxygens (including phenoxy) is 1. The van der Waals surface area contributed by atoms with Crippen molar-refractivity contribution < 1.29 is 23.1 Å². The van der Waals surface area contributed by atoms with E-state index in [-0.39, 0.29) is 0 Å². The minimum atomic E-state index is -3.27. The molecule has 0 N–H and O–H groups in total. The van der Waals surface area contributed by atoms with Crippen LogP contribution in [0.1, 0.15) is 6.92 Å². The lowest BCUT2D eigenvalue weighted by Gasteiger charge is -2.11. The SMILES string of the molecule is CC#CC(=O)OCP(=O)(OC)OC. The Kier molecular flexibility index (Phi) is 5.40. The Hall–Kier alpha value is -0.820. The second-order valence-electron chi connectivity index (χ2n) is 1.91. The zero-order valence-electron chi connectivity index (χ0n) is 7.70. The number of esters is 1. The molecule has 13 heavy (non-hydrogen) atoms. The Bertz CT molecular complexity index is 266. The summed E-state index contributed by atoms with van der Waals surface area (Å²) in [6.07, 6.45) is -0.423. The summed E-state index contributed by atoms with van der Waals surface area (Å²) in [4.78, 5) is 10.7. The number of hydrogen-bond donors (Lipinski definition) is 0. The van der Waals surface area contributed by atoms with Crippen LogP contribution in [0.15, 0.2) is 0 Å². The van der Waals surface area contributed by atoms with Crippen LogP contribution in [0.25, 0.3) is 0 Å². The lowest BCUT2D eigenvalue weighted by Crippen LogP contribution is -2.05. The van der Waals surface area contributed by atoms with E-state index in [0.717, 1.165) is 0 Å². The van der Waals surface area contributed by atoms with Crippen molar-refractivity contribution in [2.45, 2.75) is 6.92 Å². The molecule has 0 aromatic rings. The maximum Gasteiger partial charge on any atom is 0.384 e. The average molecular weight is 206 g/mol. The molecule has 0 aliphatic carbocycles. The topological polar surface area (TPSA) is 61.8 Å². The summed E-state index contributed by atoms with van der Waals surface area (Å²) in [5.41, 5.74) is 0. The summed E-state index contributed by atoms with van der Waals surface area (Å²) in [6, 6.07) is 0. The van der Waals surface area contributed by atoms with Crippen LogP contribution in [-0.2, 0) is 23.1 Å². The number of carbonyl (C=O) groups is 1. The van der Waals surface area contributed by atoms with Crippen molar-refractivity contribution in [3.8, 4) is 11.8 Å². The summed E-state index contributed by atoms with van der Waals surface area (Å²) >= 11 is 0. The Balaban J connectivity index is 4.05. The summed E-state index contributed by atoms with van der Waals surface area (Å²) in [5.74, 6) is 3.71. The van der Waals surface area contributed by atoms with Crippen molar-refractivity contribution in [3.63, 3.8) is 0 Å². The maximum absolute atomic E-state index is 11.3. The second kappa shape index (κ2) is 5.76. The first-order chi connectivity index (χ1) is 6.08. The van der Waals surface area contributed by atoms with E-state index in [1.165, 1.54) is 21.1 Å². The molecule has 0 fully saturated rings. The molecule has 5 nitrogen and oxygen atoms in total. The van der Waals surface area contributed by atoms with Crippen molar-refractivity contribution in [2.24, 2.45) is 0 Å². The van der Waals surface area contributed by atoms with Crippen molar-refractivity contribution >= 4 is 13.6 Å². The Morgan fingerprint density at radius 1 is 1.38 bits per heavy atom. The van der Waals surface area contributed by atoms with Gasteiger partial charge in [0, 0.05) is 20.1 Å². The zero-order valence-corrected chi connectivity index (χ0v) is 8.59. The van der Waals surface area contributed by atoms with E-state index in [1.54, 1.807) is 0 Å². The van der Waals surface area contributed by atoms with Gasteiger partial charge in [0.1, 0.15) is 0 Å². The van der Waals surface area contributed by atoms with Gasteiger partial charge in [-0.25, -0.2) is 4.79 Å². The van der Waals surface area contributed by atoms with E-state index in [2.05, 4.69) is 25.6 Å². The molecule has 0 unspecified atom stereocenters. The molecule has 0 atom stereocenters. The number of rotatable bonds is 4. The third kappa shape index (κ3) is 4.69.